The smallest absolute Gasteiger partial charge is 0.308 e. The number of carbonyl (C=O) groups is 1. The number of carbonyl (C=O) groups excluding carboxylic acids is 1. The third-order valence-corrected chi connectivity index (χ3v) is 2.99. The van der Waals surface area contributed by atoms with Gasteiger partial charge in [-0.25, -0.2) is 4.39 Å². The molecule has 2 rings (SSSR count). The maximum atomic E-state index is 13.6. The van der Waals surface area contributed by atoms with Crippen LogP contribution in [0.2, 0.25) is 0 Å². The molecule has 0 atom stereocenters. The van der Waals surface area contributed by atoms with E-state index in [1.54, 1.807) is 36.4 Å². The molecule has 0 aliphatic heterocycles. The Hall–Kier alpha value is -1.88. The van der Waals surface area contributed by atoms with Crippen molar-refractivity contribution in [2.75, 3.05) is 0 Å². The van der Waals surface area contributed by atoms with Crippen molar-refractivity contribution in [3.05, 3.63) is 58.3 Å². The topological polar surface area (TPSA) is 35.5 Å². The molecule has 0 saturated heterocycles. The van der Waals surface area contributed by atoms with Crippen LogP contribution in [0.15, 0.2) is 46.9 Å². The lowest BCUT2D eigenvalue weighted by Crippen LogP contribution is -2.01. The van der Waals surface area contributed by atoms with E-state index < -0.39 is 0 Å². The SMILES string of the molecule is CC(=O)Oc1ccc(OCc2ccc(Br)cc2F)cc1. The van der Waals surface area contributed by atoms with Crippen molar-refractivity contribution in [2.24, 2.45) is 0 Å². The highest BCUT2D eigenvalue weighted by atomic mass is 79.9. The fraction of sp³-hybridized carbons (Fsp3) is 0.133. The molecule has 20 heavy (non-hydrogen) atoms. The van der Waals surface area contributed by atoms with Gasteiger partial charge in [0.05, 0.1) is 0 Å². The summed E-state index contributed by atoms with van der Waals surface area (Å²) in [5, 5.41) is 0. The van der Waals surface area contributed by atoms with Crippen LogP contribution < -0.4 is 9.47 Å². The van der Waals surface area contributed by atoms with E-state index in [9.17, 15) is 9.18 Å². The number of hydrogen-bond acceptors (Lipinski definition) is 3. The number of halogens is 2. The fourth-order valence-corrected chi connectivity index (χ4v) is 1.90. The predicted molar refractivity (Wildman–Crippen MR) is 76.2 cm³/mol. The molecule has 0 radical (unpaired) electrons. The molecule has 5 heteroatoms. The van der Waals surface area contributed by atoms with E-state index in [2.05, 4.69) is 15.9 Å². The van der Waals surface area contributed by atoms with Crippen molar-refractivity contribution >= 4 is 21.9 Å². The van der Waals surface area contributed by atoms with Gasteiger partial charge in [-0.1, -0.05) is 22.0 Å². The molecule has 0 aliphatic rings. The largest absolute Gasteiger partial charge is 0.489 e. The predicted octanol–water partition coefficient (Wildman–Crippen LogP) is 4.09. The standard InChI is InChI=1S/C15H12BrFO3/c1-10(18)20-14-6-4-13(5-7-14)19-9-11-2-3-12(16)8-15(11)17/h2-8H,9H2,1H3. The molecule has 0 bridgehead atoms. The average Bonchev–Trinajstić information content (AvgIpc) is 2.39. The second-order valence-corrected chi connectivity index (χ2v) is 5.01. The van der Waals surface area contributed by atoms with Crippen molar-refractivity contribution < 1.29 is 18.7 Å². The van der Waals surface area contributed by atoms with Crippen LogP contribution in [-0.2, 0) is 11.4 Å². The van der Waals surface area contributed by atoms with E-state index in [-0.39, 0.29) is 18.4 Å². The molecule has 0 fully saturated rings. The summed E-state index contributed by atoms with van der Waals surface area (Å²) in [5.41, 5.74) is 0.470. The maximum absolute atomic E-state index is 13.6. The highest BCUT2D eigenvalue weighted by Gasteiger charge is 2.04. The number of hydrogen-bond donors (Lipinski definition) is 0. The minimum absolute atomic E-state index is 0.131. The Kier molecular flexibility index (Phi) is 4.74. The summed E-state index contributed by atoms with van der Waals surface area (Å²) in [6.45, 7) is 1.47. The van der Waals surface area contributed by atoms with Gasteiger partial charge in [-0.15, -0.1) is 0 Å². The Morgan fingerprint density at radius 1 is 1.15 bits per heavy atom. The molecular weight excluding hydrogens is 327 g/mol. The molecule has 0 aromatic heterocycles. The summed E-state index contributed by atoms with van der Waals surface area (Å²) in [6.07, 6.45) is 0. The van der Waals surface area contributed by atoms with E-state index in [0.717, 1.165) is 0 Å². The van der Waals surface area contributed by atoms with E-state index in [1.165, 1.54) is 13.0 Å². The summed E-state index contributed by atoms with van der Waals surface area (Å²) in [4.78, 5) is 10.8. The van der Waals surface area contributed by atoms with E-state index in [0.29, 0.717) is 21.5 Å². The first-order chi connectivity index (χ1) is 9.54. The summed E-state index contributed by atoms with van der Waals surface area (Å²) >= 11 is 3.20. The zero-order valence-electron chi connectivity index (χ0n) is 10.7. The average molecular weight is 339 g/mol. The molecule has 3 nitrogen and oxygen atoms in total. The Bertz CT molecular complexity index is 611. The third kappa shape index (κ3) is 4.06. The molecule has 0 heterocycles. The van der Waals surface area contributed by atoms with Crippen LogP contribution in [0.4, 0.5) is 4.39 Å². The zero-order chi connectivity index (χ0) is 14.5. The van der Waals surface area contributed by atoms with E-state index in [4.69, 9.17) is 9.47 Å². The summed E-state index contributed by atoms with van der Waals surface area (Å²) in [6, 6.07) is 11.4. The van der Waals surface area contributed by atoms with Crippen LogP contribution in [0.5, 0.6) is 11.5 Å². The first-order valence-corrected chi connectivity index (χ1v) is 6.69. The first kappa shape index (κ1) is 14.5. The highest BCUT2D eigenvalue weighted by Crippen LogP contribution is 2.20. The van der Waals surface area contributed by atoms with Gasteiger partial charge in [-0.2, -0.15) is 0 Å². The number of ether oxygens (including phenoxy) is 2. The van der Waals surface area contributed by atoms with Crippen LogP contribution in [-0.4, -0.2) is 5.97 Å². The second kappa shape index (κ2) is 6.52. The first-order valence-electron chi connectivity index (χ1n) is 5.90. The summed E-state index contributed by atoms with van der Waals surface area (Å²) in [7, 11) is 0. The molecule has 104 valence electrons. The minimum Gasteiger partial charge on any atom is -0.489 e. The molecule has 0 saturated carbocycles. The molecule has 0 spiro atoms. The van der Waals surface area contributed by atoms with Gasteiger partial charge in [0.25, 0.3) is 0 Å². The van der Waals surface area contributed by atoms with Crippen LogP contribution >= 0.6 is 15.9 Å². The fourth-order valence-electron chi connectivity index (χ4n) is 1.57. The van der Waals surface area contributed by atoms with Gasteiger partial charge in [0.1, 0.15) is 23.9 Å². The lowest BCUT2D eigenvalue weighted by molar-refractivity contribution is -0.131. The lowest BCUT2D eigenvalue weighted by atomic mass is 10.2. The van der Waals surface area contributed by atoms with Crippen molar-refractivity contribution in [2.45, 2.75) is 13.5 Å². The van der Waals surface area contributed by atoms with Gasteiger partial charge in [0.2, 0.25) is 0 Å². The van der Waals surface area contributed by atoms with Crippen LogP contribution in [0.3, 0.4) is 0 Å². The van der Waals surface area contributed by atoms with Gasteiger partial charge in [-0.3, -0.25) is 4.79 Å². The highest BCUT2D eigenvalue weighted by molar-refractivity contribution is 9.10. The van der Waals surface area contributed by atoms with Crippen LogP contribution in [0, 0.1) is 5.82 Å². The summed E-state index contributed by atoms with van der Waals surface area (Å²) < 4.78 is 24.7. The van der Waals surface area contributed by atoms with Gasteiger partial charge in [0.15, 0.2) is 0 Å². The Morgan fingerprint density at radius 2 is 1.80 bits per heavy atom. The van der Waals surface area contributed by atoms with Crippen LogP contribution in [0.25, 0.3) is 0 Å². The van der Waals surface area contributed by atoms with Crippen LogP contribution in [0.1, 0.15) is 12.5 Å². The molecule has 0 amide bonds. The van der Waals surface area contributed by atoms with Gasteiger partial charge in [-0.05, 0) is 36.4 Å². The normalized spacial score (nSPS) is 10.2. The second-order valence-electron chi connectivity index (χ2n) is 4.09. The molecular formula is C15H12BrFO3. The third-order valence-electron chi connectivity index (χ3n) is 2.49. The van der Waals surface area contributed by atoms with Crippen molar-refractivity contribution in [3.8, 4) is 11.5 Å². The molecule has 0 unspecified atom stereocenters. The van der Waals surface area contributed by atoms with E-state index >= 15 is 0 Å². The monoisotopic (exact) mass is 338 g/mol. The van der Waals surface area contributed by atoms with Crippen molar-refractivity contribution in [1.29, 1.82) is 0 Å². The molecule has 0 N–H and O–H groups in total. The Balaban J connectivity index is 1.98. The van der Waals surface area contributed by atoms with Gasteiger partial charge >= 0.3 is 5.97 Å². The maximum Gasteiger partial charge on any atom is 0.308 e. The lowest BCUT2D eigenvalue weighted by Gasteiger charge is -2.08. The minimum atomic E-state index is -0.379. The number of benzene rings is 2. The van der Waals surface area contributed by atoms with Gasteiger partial charge < -0.3 is 9.47 Å². The molecule has 0 aliphatic carbocycles. The number of esters is 1. The van der Waals surface area contributed by atoms with E-state index in [1.807, 2.05) is 0 Å². The Morgan fingerprint density at radius 3 is 2.40 bits per heavy atom. The van der Waals surface area contributed by atoms with Gasteiger partial charge in [0, 0.05) is 17.0 Å². The zero-order valence-corrected chi connectivity index (χ0v) is 12.3. The molecule has 2 aromatic rings. The summed E-state index contributed by atoms with van der Waals surface area (Å²) in [5.74, 6) is 0.314. The Labute approximate surface area is 124 Å². The van der Waals surface area contributed by atoms with Crippen molar-refractivity contribution in [3.63, 3.8) is 0 Å². The number of rotatable bonds is 4. The molecule has 2 aromatic carbocycles. The van der Waals surface area contributed by atoms with Crippen molar-refractivity contribution in [1.82, 2.24) is 0 Å². The quantitative estimate of drug-likeness (QED) is 0.622.